The summed E-state index contributed by atoms with van der Waals surface area (Å²) in [7, 11) is 0. The van der Waals surface area contributed by atoms with Crippen LogP contribution in [0.1, 0.15) is 11.1 Å². The molecule has 0 bridgehead atoms. The lowest BCUT2D eigenvalue weighted by atomic mass is 10.2. The quantitative estimate of drug-likeness (QED) is 0.715. The van der Waals surface area contributed by atoms with Gasteiger partial charge >= 0.3 is 0 Å². The third kappa shape index (κ3) is 3.72. The molecule has 1 aliphatic heterocycles. The standard InChI is InChI=1S/C20H23N3O2S/c1-15-11-23(26)20-19(15)9-17(10-21-20)22-7-8-24-14-18(12-22)25-13-16-5-3-2-4-6-16/h2-6,9-11,18,26H,7-8,12-14H2,1H3. The number of rotatable bonds is 4. The minimum Gasteiger partial charge on any atom is -0.377 e. The summed E-state index contributed by atoms with van der Waals surface area (Å²) in [4.78, 5) is 6.89. The fourth-order valence-electron chi connectivity index (χ4n) is 3.31. The molecule has 0 amide bonds. The molecule has 3 aromatic rings. The maximum atomic E-state index is 6.11. The van der Waals surface area contributed by atoms with Gasteiger partial charge in [0.15, 0.2) is 0 Å². The van der Waals surface area contributed by atoms with E-state index < -0.39 is 0 Å². The maximum Gasteiger partial charge on any atom is 0.150 e. The van der Waals surface area contributed by atoms with E-state index in [0.717, 1.165) is 29.8 Å². The van der Waals surface area contributed by atoms with Gasteiger partial charge in [-0.15, -0.1) is 0 Å². The Labute approximate surface area is 159 Å². The van der Waals surface area contributed by atoms with Crippen molar-refractivity contribution in [3.05, 3.63) is 59.9 Å². The lowest BCUT2D eigenvalue weighted by Gasteiger charge is -2.25. The van der Waals surface area contributed by atoms with Crippen LogP contribution in [0.3, 0.4) is 0 Å². The lowest BCUT2D eigenvalue weighted by Crippen LogP contribution is -2.34. The largest absolute Gasteiger partial charge is 0.377 e. The number of nitrogens with zero attached hydrogens (tertiary/aromatic N) is 3. The molecule has 0 aliphatic carbocycles. The van der Waals surface area contributed by atoms with Crippen molar-refractivity contribution in [2.75, 3.05) is 31.2 Å². The highest BCUT2D eigenvalue weighted by Gasteiger charge is 2.20. The van der Waals surface area contributed by atoms with Crippen molar-refractivity contribution in [2.24, 2.45) is 0 Å². The van der Waals surface area contributed by atoms with Crippen molar-refractivity contribution in [2.45, 2.75) is 19.6 Å². The average Bonchev–Trinajstić information content (AvgIpc) is 2.84. The molecule has 0 N–H and O–H groups in total. The number of ether oxygens (including phenoxy) is 2. The first kappa shape index (κ1) is 17.4. The second-order valence-corrected chi connectivity index (χ2v) is 7.09. The van der Waals surface area contributed by atoms with Crippen LogP contribution < -0.4 is 4.90 Å². The van der Waals surface area contributed by atoms with E-state index in [4.69, 9.17) is 9.47 Å². The SMILES string of the molecule is Cc1cn(S)c2ncc(N3CCOCC(OCc4ccccc4)C3)cc12. The first-order chi connectivity index (χ1) is 12.7. The van der Waals surface area contributed by atoms with Crippen LogP contribution in [-0.4, -0.2) is 41.4 Å². The Morgan fingerprint density at radius 1 is 1.31 bits per heavy atom. The number of aromatic nitrogens is 2. The second kappa shape index (κ2) is 7.70. The Balaban J connectivity index is 1.49. The van der Waals surface area contributed by atoms with Gasteiger partial charge in [0.25, 0.3) is 0 Å². The Morgan fingerprint density at radius 2 is 2.15 bits per heavy atom. The summed E-state index contributed by atoms with van der Waals surface area (Å²) in [6.07, 6.45) is 3.93. The summed E-state index contributed by atoms with van der Waals surface area (Å²) in [5, 5.41) is 1.13. The van der Waals surface area contributed by atoms with E-state index in [9.17, 15) is 0 Å². The zero-order chi connectivity index (χ0) is 17.9. The molecule has 2 aromatic heterocycles. The van der Waals surface area contributed by atoms with Crippen LogP contribution in [0.5, 0.6) is 0 Å². The molecule has 1 saturated heterocycles. The van der Waals surface area contributed by atoms with Crippen LogP contribution >= 0.6 is 12.8 Å². The molecule has 0 saturated carbocycles. The van der Waals surface area contributed by atoms with Crippen LogP contribution in [0.2, 0.25) is 0 Å². The van der Waals surface area contributed by atoms with Gasteiger partial charge in [0.05, 0.1) is 37.8 Å². The molecule has 0 spiro atoms. The number of fused-ring (bicyclic) bond motifs is 1. The summed E-state index contributed by atoms with van der Waals surface area (Å²) in [5.41, 5.74) is 4.33. The smallest absolute Gasteiger partial charge is 0.150 e. The zero-order valence-corrected chi connectivity index (χ0v) is 15.7. The van der Waals surface area contributed by atoms with Crippen molar-refractivity contribution in [1.29, 1.82) is 0 Å². The van der Waals surface area contributed by atoms with Crippen LogP contribution in [0, 0.1) is 6.92 Å². The Kier molecular flexibility index (Phi) is 5.15. The van der Waals surface area contributed by atoms with Gasteiger partial charge < -0.3 is 14.4 Å². The number of thiol groups is 1. The molecular weight excluding hydrogens is 346 g/mol. The van der Waals surface area contributed by atoms with Gasteiger partial charge in [0.1, 0.15) is 5.65 Å². The molecule has 1 aliphatic rings. The molecule has 1 fully saturated rings. The topological polar surface area (TPSA) is 39.5 Å². The van der Waals surface area contributed by atoms with E-state index in [1.807, 2.05) is 30.6 Å². The third-order valence-corrected chi connectivity index (χ3v) is 5.04. The van der Waals surface area contributed by atoms with Gasteiger partial charge in [-0.25, -0.2) is 4.98 Å². The van der Waals surface area contributed by atoms with Crippen molar-refractivity contribution < 1.29 is 9.47 Å². The third-order valence-electron chi connectivity index (χ3n) is 4.74. The minimum atomic E-state index is 0.0315. The molecule has 1 unspecified atom stereocenters. The highest BCUT2D eigenvalue weighted by atomic mass is 32.1. The number of benzene rings is 1. The fraction of sp³-hybridized carbons (Fsp3) is 0.350. The van der Waals surface area contributed by atoms with E-state index >= 15 is 0 Å². The van der Waals surface area contributed by atoms with Crippen molar-refractivity contribution in [3.8, 4) is 0 Å². The Morgan fingerprint density at radius 3 is 3.00 bits per heavy atom. The van der Waals surface area contributed by atoms with Gasteiger partial charge in [-0.05, 0) is 24.1 Å². The highest BCUT2D eigenvalue weighted by molar-refractivity contribution is 7.78. The van der Waals surface area contributed by atoms with Gasteiger partial charge in [0.2, 0.25) is 0 Å². The van der Waals surface area contributed by atoms with Gasteiger partial charge in [-0.3, -0.25) is 3.97 Å². The van der Waals surface area contributed by atoms with Crippen LogP contribution in [-0.2, 0) is 16.1 Å². The van der Waals surface area contributed by atoms with Gasteiger partial charge in [-0.1, -0.05) is 43.1 Å². The molecule has 26 heavy (non-hydrogen) atoms. The number of hydrogen-bond acceptors (Lipinski definition) is 5. The molecule has 5 nitrogen and oxygen atoms in total. The number of aryl methyl sites for hydroxylation is 1. The van der Waals surface area contributed by atoms with E-state index in [0.29, 0.717) is 19.8 Å². The first-order valence-electron chi connectivity index (χ1n) is 8.86. The summed E-state index contributed by atoms with van der Waals surface area (Å²) in [6, 6.07) is 12.4. The second-order valence-electron chi connectivity index (χ2n) is 6.66. The molecule has 3 heterocycles. The molecule has 0 radical (unpaired) electrons. The monoisotopic (exact) mass is 369 g/mol. The maximum absolute atomic E-state index is 6.11. The van der Waals surface area contributed by atoms with Crippen LogP contribution in [0.15, 0.2) is 48.8 Å². The van der Waals surface area contributed by atoms with E-state index in [-0.39, 0.29) is 6.10 Å². The Hall–Kier alpha value is -2.02. The molecule has 4 rings (SSSR count). The fourth-order valence-corrected chi connectivity index (χ4v) is 3.64. The number of hydrogen-bond donors (Lipinski definition) is 1. The molecule has 136 valence electrons. The minimum absolute atomic E-state index is 0.0315. The van der Waals surface area contributed by atoms with E-state index in [2.05, 4.69) is 47.8 Å². The van der Waals surface area contributed by atoms with Crippen molar-refractivity contribution in [1.82, 2.24) is 8.96 Å². The average molecular weight is 369 g/mol. The first-order valence-corrected chi connectivity index (χ1v) is 9.26. The molecular formula is C20H23N3O2S. The van der Waals surface area contributed by atoms with Gasteiger partial charge in [0, 0.05) is 24.7 Å². The summed E-state index contributed by atoms with van der Waals surface area (Å²) in [6.45, 7) is 5.61. The van der Waals surface area contributed by atoms with Crippen molar-refractivity contribution >= 4 is 29.5 Å². The van der Waals surface area contributed by atoms with Crippen molar-refractivity contribution in [3.63, 3.8) is 0 Å². The summed E-state index contributed by atoms with van der Waals surface area (Å²) < 4.78 is 13.6. The highest BCUT2D eigenvalue weighted by Crippen LogP contribution is 2.25. The number of pyridine rings is 1. The normalized spacial score (nSPS) is 18.2. The number of anilines is 1. The molecule has 1 aromatic carbocycles. The summed E-state index contributed by atoms with van der Waals surface area (Å²) in [5.74, 6) is 0. The zero-order valence-electron chi connectivity index (χ0n) is 14.8. The predicted octanol–water partition coefficient (Wildman–Crippen LogP) is 3.46. The lowest BCUT2D eigenvalue weighted by molar-refractivity contribution is -0.00795. The van der Waals surface area contributed by atoms with E-state index in [1.54, 1.807) is 3.97 Å². The van der Waals surface area contributed by atoms with E-state index in [1.165, 1.54) is 11.1 Å². The Bertz CT molecular complexity index is 881. The van der Waals surface area contributed by atoms with Crippen LogP contribution in [0.4, 0.5) is 5.69 Å². The molecule has 6 heteroatoms. The molecule has 1 atom stereocenters. The van der Waals surface area contributed by atoms with Gasteiger partial charge in [-0.2, -0.15) is 0 Å². The summed E-state index contributed by atoms with van der Waals surface area (Å²) >= 11 is 4.43. The predicted molar refractivity (Wildman–Crippen MR) is 107 cm³/mol. The van der Waals surface area contributed by atoms with Crippen LogP contribution in [0.25, 0.3) is 11.0 Å².